The molecule has 0 amide bonds. The van der Waals surface area contributed by atoms with Crippen molar-refractivity contribution >= 4 is 10.2 Å². The summed E-state index contributed by atoms with van der Waals surface area (Å²) in [4.78, 5) is 0. The van der Waals surface area contributed by atoms with E-state index < -0.39 is 10.2 Å². The summed E-state index contributed by atoms with van der Waals surface area (Å²) < 4.78 is 28.5. The van der Waals surface area contributed by atoms with Gasteiger partial charge < -0.3 is 5.32 Å². The predicted molar refractivity (Wildman–Crippen MR) is 88.4 cm³/mol. The topological polar surface area (TPSA) is 52.7 Å². The molecule has 0 atom stereocenters. The van der Waals surface area contributed by atoms with Crippen LogP contribution in [0, 0.1) is 11.8 Å². The lowest BCUT2D eigenvalue weighted by molar-refractivity contribution is 0.304. The van der Waals surface area contributed by atoms with Crippen LogP contribution in [0.3, 0.4) is 0 Å². The van der Waals surface area contributed by atoms with E-state index in [0.717, 1.165) is 13.0 Å². The Hall–Kier alpha value is -0.170. The molecule has 0 aliphatic heterocycles. The molecule has 0 aromatic heterocycles. The van der Waals surface area contributed by atoms with E-state index in [2.05, 4.69) is 33.0 Å². The zero-order valence-electron chi connectivity index (χ0n) is 14.3. The Morgan fingerprint density at radius 2 is 1.62 bits per heavy atom. The second kappa shape index (κ2) is 8.46. The van der Waals surface area contributed by atoms with Crippen LogP contribution < -0.4 is 5.32 Å². The molecule has 1 rings (SSSR count). The first-order valence-electron chi connectivity index (χ1n) is 8.18. The van der Waals surface area contributed by atoms with E-state index in [1.165, 1.54) is 17.1 Å². The Morgan fingerprint density at radius 3 is 2.05 bits per heavy atom. The molecular weight excluding hydrogens is 286 g/mol. The van der Waals surface area contributed by atoms with Crippen LogP contribution >= 0.6 is 0 Å². The Balaban J connectivity index is 2.50. The summed E-state index contributed by atoms with van der Waals surface area (Å²) >= 11 is 0. The Morgan fingerprint density at radius 1 is 1.10 bits per heavy atom. The van der Waals surface area contributed by atoms with Crippen molar-refractivity contribution in [2.75, 3.05) is 33.2 Å². The van der Waals surface area contributed by atoms with Crippen LogP contribution in [0.25, 0.3) is 0 Å². The highest BCUT2D eigenvalue weighted by atomic mass is 32.2. The third-order valence-corrected chi connectivity index (χ3v) is 5.44. The molecular formula is C15H33N3O2S. The van der Waals surface area contributed by atoms with Gasteiger partial charge in [0.1, 0.15) is 0 Å². The highest BCUT2D eigenvalue weighted by molar-refractivity contribution is 7.86. The Bertz CT molecular complexity index is 382. The van der Waals surface area contributed by atoms with E-state index in [4.69, 9.17) is 0 Å². The van der Waals surface area contributed by atoms with Crippen molar-refractivity contribution in [1.29, 1.82) is 0 Å². The smallest absolute Gasteiger partial charge is 0.281 e. The maximum Gasteiger partial charge on any atom is 0.281 e. The SMILES string of the molecule is CC(C)CN(CC(C)C)S(=O)(=O)N(C)CCCNC1CC1. The van der Waals surface area contributed by atoms with Gasteiger partial charge in [0, 0.05) is 32.7 Å². The lowest BCUT2D eigenvalue weighted by atomic mass is 10.2. The summed E-state index contributed by atoms with van der Waals surface area (Å²) in [6.45, 7) is 10.9. The molecule has 6 heteroatoms. The lowest BCUT2D eigenvalue weighted by Gasteiger charge is -2.30. The fourth-order valence-corrected chi connectivity index (χ4v) is 4.01. The van der Waals surface area contributed by atoms with Gasteiger partial charge in [-0.1, -0.05) is 27.7 Å². The molecule has 0 aromatic carbocycles. The van der Waals surface area contributed by atoms with Gasteiger partial charge in [0.2, 0.25) is 0 Å². The standard InChI is InChI=1S/C15H33N3O2S/c1-13(2)11-18(12-14(3)4)21(19,20)17(5)10-6-9-16-15-7-8-15/h13-16H,6-12H2,1-5H3. The molecule has 0 bridgehead atoms. The molecule has 0 radical (unpaired) electrons. The summed E-state index contributed by atoms with van der Waals surface area (Å²) in [5.74, 6) is 0.673. The summed E-state index contributed by atoms with van der Waals surface area (Å²) in [5, 5.41) is 3.42. The molecule has 1 aliphatic rings. The van der Waals surface area contributed by atoms with Crippen LogP contribution in [0.15, 0.2) is 0 Å². The molecule has 1 aliphatic carbocycles. The van der Waals surface area contributed by atoms with E-state index in [1.807, 2.05) is 0 Å². The van der Waals surface area contributed by atoms with Crippen LogP contribution in [0.2, 0.25) is 0 Å². The fourth-order valence-electron chi connectivity index (χ4n) is 2.29. The van der Waals surface area contributed by atoms with E-state index in [-0.39, 0.29) is 0 Å². The first-order valence-corrected chi connectivity index (χ1v) is 9.58. The highest BCUT2D eigenvalue weighted by Gasteiger charge is 2.28. The van der Waals surface area contributed by atoms with E-state index in [9.17, 15) is 8.42 Å². The average molecular weight is 320 g/mol. The van der Waals surface area contributed by atoms with Crippen molar-refractivity contribution < 1.29 is 8.42 Å². The lowest BCUT2D eigenvalue weighted by Crippen LogP contribution is -2.45. The molecule has 126 valence electrons. The van der Waals surface area contributed by atoms with Crippen LogP contribution in [0.1, 0.15) is 47.0 Å². The number of nitrogens with one attached hydrogen (secondary N) is 1. The van der Waals surface area contributed by atoms with E-state index in [0.29, 0.717) is 37.5 Å². The van der Waals surface area contributed by atoms with Gasteiger partial charge in [-0.25, -0.2) is 0 Å². The van der Waals surface area contributed by atoms with Crippen molar-refractivity contribution in [3.63, 3.8) is 0 Å². The van der Waals surface area contributed by atoms with Gasteiger partial charge in [0.25, 0.3) is 10.2 Å². The first kappa shape index (κ1) is 18.9. The normalized spacial score (nSPS) is 16.6. The van der Waals surface area contributed by atoms with Gasteiger partial charge in [0.05, 0.1) is 0 Å². The quantitative estimate of drug-likeness (QED) is 0.592. The van der Waals surface area contributed by atoms with Crippen molar-refractivity contribution in [1.82, 2.24) is 13.9 Å². The predicted octanol–water partition coefficient (Wildman–Crippen LogP) is 1.92. The van der Waals surface area contributed by atoms with Gasteiger partial charge in [0.15, 0.2) is 0 Å². The molecule has 1 saturated carbocycles. The minimum atomic E-state index is -3.34. The van der Waals surface area contributed by atoms with Crippen molar-refractivity contribution in [2.45, 2.75) is 53.0 Å². The highest BCUT2D eigenvalue weighted by Crippen LogP contribution is 2.18. The molecule has 0 spiro atoms. The van der Waals surface area contributed by atoms with E-state index >= 15 is 0 Å². The van der Waals surface area contributed by atoms with Crippen LogP contribution in [-0.2, 0) is 10.2 Å². The van der Waals surface area contributed by atoms with Gasteiger partial charge in [-0.15, -0.1) is 0 Å². The fraction of sp³-hybridized carbons (Fsp3) is 1.00. The summed E-state index contributed by atoms with van der Waals surface area (Å²) in [7, 11) is -1.64. The molecule has 0 aromatic rings. The van der Waals surface area contributed by atoms with Gasteiger partial charge in [-0.05, 0) is 37.6 Å². The Kier molecular flexibility index (Phi) is 7.60. The maximum atomic E-state index is 12.7. The van der Waals surface area contributed by atoms with Crippen molar-refractivity contribution in [3.8, 4) is 0 Å². The van der Waals surface area contributed by atoms with E-state index in [1.54, 1.807) is 11.4 Å². The van der Waals surface area contributed by atoms with Gasteiger partial charge in [-0.3, -0.25) is 0 Å². The first-order chi connectivity index (χ1) is 9.73. The number of nitrogens with zero attached hydrogens (tertiary/aromatic N) is 2. The number of rotatable bonds is 11. The summed E-state index contributed by atoms with van der Waals surface area (Å²) in [6, 6.07) is 0.685. The van der Waals surface area contributed by atoms with Crippen LogP contribution in [0.5, 0.6) is 0 Å². The largest absolute Gasteiger partial charge is 0.314 e. The van der Waals surface area contributed by atoms with Gasteiger partial charge in [-0.2, -0.15) is 17.0 Å². The van der Waals surface area contributed by atoms with Gasteiger partial charge >= 0.3 is 0 Å². The molecule has 1 N–H and O–H groups in total. The summed E-state index contributed by atoms with van der Waals surface area (Å²) in [5.41, 5.74) is 0. The average Bonchev–Trinajstić information content (AvgIpc) is 3.16. The van der Waals surface area contributed by atoms with Crippen molar-refractivity contribution in [2.24, 2.45) is 11.8 Å². The van der Waals surface area contributed by atoms with Crippen LogP contribution in [0.4, 0.5) is 0 Å². The minimum absolute atomic E-state index is 0.337. The van der Waals surface area contributed by atoms with Crippen molar-refractivity contribution in [3.05, 3.63) is 0 Å². The molecule has 0 heterocycles. The molecule has 21 heavy (non-hydrogen) atoms. The zero-order chi connectivity index (χ0) is 16.0. The number of hydrogen-bond donors (Lipinski definition) is 1. The third kappa shape index (κ3) is 7.08. The minimum Gasteiger partial charge on any atom is -0.314 e. The second-order valence-electron chi connectivity index (χ2n) is 7.02. The third-order valence-electron chi connectivity index (χ3n) is 3.52. The molecule has 0 saturated heterocycles. The van der Waals surface area contributed by atoms with Crippen LogP contribution in [-0.4, -0.2) is 56.3 Å². The molecule has 0 unspecified atom stereocenters. The Labute approximate surface area is 131 Å². The maximum absolute atomic E-state index is 12.7. The monoisotopic (exact) mass is 319 g/mol. The summed E-state index contributed by atoms with van der Waals surface area (Å²) in [6.07, 6.45) is 3.40. The zero-order valence-corrected chi connectivity index (χ0v) is 15.1. The molecule has 1 fully saturated rings. The molecule has 5 nitrogen and oxygen atoms in total. The number of hydrogen-bond acceptors (Lipinski definition) is 3. The second-order valence-corrected chi connectivity index (χ2v) is 9.05.